The molecule has 2 atom stereocenters. The lowest BCUT2D eigenvalue weighted by Gasteiger charge is -2.07. The summed E-state index contributed by atoms with van der Waals surface area (Å²) in [5.74, 6) is 1.26. The molecular formula is C8H12N5PS. The second-order valence-corrected chi connectivity index (χ2v) is 4.78. The monoisotopic (exact) mass is 241 g/mol. The lowest BCUT2D eigenvalue weighted by atomic mass is 10.4. The van der Waals surface area contributed by atoms with E-state index in [-0.39, 0.29) is 5.78 Å². The molecule has 2 aromatic heterocycles. The van der Waals surface area contributed by atoms with Crippen LogP contribution in [0.5, 0.6) is 0 Å². The number of nitrogens with zero attached hydrogens (tertiary/aromatic N) is 3. The van der Waals surface area contributed by atoms with Gasteiger partial charge in [0.05, 0.1) is 11.2 Å². The van der Waals surface area contributed by atoms with Crippen molar-refractivity contribution in [3.05, 3.63) is 10.5 Å². The fraction of sp³-hybridized carbons (Fsp3) is 0.375. The Balaban J connectivity index is 2.93. The van der Waals surface area contributed by atoms with E-state index in [0.29, 0.717) is 16.3 Å². The molecule has 2 rings (SSSR count). The van der Waals surface area contributed by atoms with E-state index in [1.54, 1.807) is 0 Å². The largest absolute Gasteiger partial charge is 0.383 e. The molecule has 2 heterocycles. The van der Waals surface area contributed by atoms with Crippen molar-refractivity contribution < 1.29 is 0 Å². The second kappa shape index (κ2) is 3.54. The summed E-state index contributed by atoms with van der Waals surface area (Å²) >= 11 is 5.18. The smallest absolute Gasteiger partial charge is 0.163 e. The van der Waals surface area contributed by atoms with Gasteiger partial charge in [0.1, 0.15) is 16.3 Å². The Bertz CT molecular complexity index is 570. The van der Waals surface area contributed by atoms with Gasteiger partial charge >= 0.3 is 0 Å². The Morgan fingerprint density at radius 3 is 2.80 bits per heavy atom. The average molecular weight is 241 g/mol. The number of aryl methyl sites for hydroxylation is 1. The maximum absolute atomic E-state index is 5.81. The van der Waals surface area contributed by atoms with Gasteiger partial charge in [-0.1, -0.05) is 12.2 Å². The molecular weight excluding hydrogens is 229 g/mol. The first-order valence-electron chi connectivity index (χ1n) is 4.50. The summed E-state index contributed by atoms with van der Waals surface area (Å²) in [6.45, 7) is 3.83. The van der Waals surface area contributed by atoms with Crippen molar-refractivity contribution in [2.45, 2.75) is 19.6 Å². The van der Waals surface area contributed by atoms with Crippen molar-refractivity contribution >= 4 is 38.3 Å². The van der Waals surface area contributed by atoms with Crippen LogP contribution in [-0.2, 0) is 0 Å². The van der Waals surface area contributed by atoms with Crippen molar-refractivity contribution in [1.29, 1.82) is 0 Å². The van der Waals surface area contributed by atoms with Gasteiger partial charge in [-0.25, -0.2) is 9.97 Å². The normalized spacial score (nSPS) is 13.3. The molecule has 3 N–H and O–H groups in total. The number of anilines is 1. The number of rotatable bonds is 1. The third-order valence-electron chi connectivity index (χ3n) is 2.11. The number of nitrogens with one attached hydrogen (secondary N) is 1. The SMILES string of the molecule is Cc1nc(N)c2c(=S)[nH]n(C(C)P)c2n1. The molecule has 0 aliphatic carbocycles. The molecule has 0 radical (unpaired) electrons. The first kappa shape index (κ1) is 10.5. The molecule has 0 amide bonds. The Morgan fingerprint density at radius 2 is 2.20 bits per heavy atom. The van der Waals surface area contributed by atoms with Gasteiger partial charge < -0.3 is 5.73 Å². The molecule has 0 saturated carbocycles. The average Bonchev–Trinajstić information content (AvgIpc) is 2.42. The maximum atomic E-state index is 5.81. The molecule has 5 nitrogen and oxygen atoms in total. The van der Waals surface area contributed by atoms with Crippen LogP contribution in [0.4, 0.5) is 5.82 Å². The topological polar surface area (TPSA) is 72.5 Å². The number of aromatic nitrogens is 4. The molecule has 2 aromatic rings. The number of nitrogens with two attached hydrogens (primary N) is 1. The number of nitrogen functional groups attached to an aromatic ring is 1. The van der Waals surface area contributed by atoms with Crippen LogP contribution in [0.2, 0.25) is 0 Å². The predicted octanol–water partition coefficient (Wildman–Crippen LogP) is 1.77. The van der Waals surface area contributed by atoms with Gasteiger partial charge in [0.2, 0.25) is 0 Å². The van der Waals surface area contributed by atoms with Gasteiger partial charge in [-0.3, -0.25) is 9.78 Å². The van der Waals surface area contributed by atoms with Gasteiger partial charge in [-0.15, -0.1) is 9.24 Å². The van der Waals surface area contributed by atoms with Gasteiger partial charge in [0.25, 0.3) is 0 Å². The Labute approximate surface area is 94.3 Å². The summed E-state index contributed by atoms with van der Waals surface area (Å²) in [6, 6.07) is 0. The van der Waals surface area contributed by atoms with Crippen LogP contribution >= 0.6 is 21.5 Å². The quantitative estimate of drug-likeness (QED) is 0.589. The number of hydrogen-bond acceptors (Lipinski definition) is 4. The third-order valence-corrected chi connectivity index (χ3v) is 2.71. The zero-order valence-electron chi connectivity index (χ0n) is 8.48. The molecule has 0 spiro atoms. The highest BCUT2D eigenvalue weighted by molar-refractivity contribution is 7.71. The Hall–Kier alpha value is -1.00. The van der Waals surface area contributed by atoms with Crippen LogP contribution in [-0.4, -0.2) is 19.7 Å². The molecule has 0 aromatic carbocycles. The lowest BCUT2D eigenvalue weighted by molar-refractivity contribution is 0.655. The van der Waals surface area contributed by atoms with Crippen LogP contribution < -0.4 is 5.73 Å². The Morgan fingerprint density at radius 1 is 1.53 bits per heavy atom. The van der Waals surface area contributed by atoms with E-state index in [1.165, 1.54) is 0 Å². The standard InChI is InChI=1S/C8H12N5PS/c1-3-10-6(9)5-7(11-3)13(4(2)14)12-8(5)15/h4H,14H2,1-2H3,(H,12,15)(H2,9,10,11). The van der Waals surface area contributed by atoms with Crippen LogP contribution in [0.25, 0.3) is 11.0 Å². The van der Waals surface area contributed by atoms with Crippen LogP contribution in [0.15, 0.2) is 0 Å². The number of aromatic amines is 1. The summed E-state index contributed by atoms with van der Waals surface area (Å²) in [4.78, 5) is 8.43. The molecule has 2 unspecified atom stereocenters. The first-order chi connectivity index (χ1) is 7.00. The first-order valence-corrected chi connectivity index (χ1v) is 5.58. The van der Waals surface area contributed by atoms with E-state index in [4.69, 9.17) is 18.0 Å². The highest BCUT2D eigenvalue weighted by Crippen LogP contribution is 2.24. The van der Waals surface area contributed by atoms with E-state index < -0.39 is 0 Å². The van der Waals surface area contributed by atoms with Crippen molar-refractivity contribution in [2.75, 3.05) is 5.73 Å². The second-order valence-electron chi connectivity index (χ2n) is 3.41. The van der Waals surface area contributed by atoms with E-state index in [0.717, 1.165) is 11.0 Å². The predicted molar refractivity (Wildman–Crippen MR) is 66.3 cm³/mol. The van der Waals surface area contributed by atoms with E-state index >= 15 is 0 Å². The highest BCUT2D eigenvalue weighted by atomic mass is 32.1. The fourth-order valence-corrected chi connectivity index (χ4v) is 1.99. The molecule has 0 saturated heterocycles. The van der Waals surface area contributed by atoms with Crippen molar-refractivity contribution in [3.63, 3.8) is 0 Å². The maximum Gasteiger partial charge on any atom is 0.163 e. The molecule has 0 aliphatic heterocycles. The zero-order valence-corrected chi connectivity index (χ0v) is 10.5. The van der Waals surface area contributed by atoms with E-state index in [2.05, 4.69) is 24.3 Å². The van der Waals surface area contributed by atoms with Gasteiger partial charge in [0.15, 0.2) is 5.65 Å². The van der Waals surface area contributed by atoms with E-state index in [9.17, 15) is 0 Å². The third kappa shape index (κ3) is 1.64. The minimum atomic E-state index is 0.179. The molecule has 7 heteroatoms. The van der Waals surface area contributed by atoms with Crippen LogP contribution in [0, 0.1) is 11.6 Å². The highest BCUT2D eigenvalue weighted by Gasteiger charge is 2.12. The van der Waals surface area contributed by atoms with Crippen molar-refractivity contribution in [3.8, 4) is 0 Å². The van der Waals surface area contributed by atoms with Gasteiger partial charge in [-0.05, 0) is 13.8 Å². The summed E-state index contributed by atoms with van der Waals surface area (Å²) in [5, 5.41) is 3.78. The number of hydrogen-bond donors (Lipinski definition) is 2. The summed E-state index contributed by atoms with van der Waals surface area (Å²) in [7, 11) is 2.67. The minimum absolute atomic E-state index is 0.179. The Kier molecular flexibility index (Phi) is 2.48. The number of fused-ring (bicyclic) bond motifs is 1. The molecule has 0 bridgehead atoms. The lowest BCUT2D eigenvalue weighted by Crippen LogP contribution is -2.03. The summed E-state index contributed by atoms with van der Waals surface area (Å²) in [6.07, 6.45) is 0. The molecule has 0 fully saturated rings. The van der Waals surface area contributed by atoms with Gasteiger partial charge in [-0.2, -0.15) is 0 Å². The summed E-state index contributed by atoms with van der Waals surface area (Å²) < 4.78 is 2.45. The fourth-order valence-electron chi connectivity index (χ4n) is 1.48. The van der Waals surface area contributed by atoms with Gasteiger partial charge in [0, 0.05) is 0 Å². The summed E-state index contributed by atoms with van der Waals surface area (Å²) in [5.41, 5.74) is 6.57. The molecule has 15 heavy (non-hydrogen) atoms. The zero-order chi connectivity index (χ0) is 11.2. The minimum Gasteiger partial charge on any atom is -0.383 e. The van der Waals surface area contributed by atoms with Crippen LogP contribution in [0.3, 0.4) is 0 Å². The van der Waals surface area contributed by atoms with Crippen molar-refractivity contribution in [2.24, 2.45) is 0 Å². The van der Waals surface area contributed by atoms with Crippen molar-refractivity contribution in [1.82, 2.24) is 19.7 Å². The van der Waals surface area contributed by atoms with E-state index in [1.807, 2.05) is 18.5 Å². The molecule has 80 valence electrons. The molecule has 0 aliphatic rings. The number of H-pyrrole nitrogens is 1. The van der Waals surface area contributed by atoms with Crippen LogP contribution in [0.1, 0.15) is 18.5 Å².